The Balaban J connectivity index is 0.000000145. The SMILES string of the molecule is CC1C(=O)CCCC1=O.Cc1[nH]n(C)c(=O)c1C.Cc1cnoc1C1CC1. The third-order valence-corrected chi connectivity index (χ3v) is 5.07. The summed E-state index contributed by atoms with van der Waals surface area (Å²) in [5, 5.41) is 6.59. The quantitative estimate of drug-likeness (QED) is 0.772. The number of ketones is 2. The Kier molecular flexibility index (Phi) is 6.93. The summed E-state index contributed by atoms with van der Waals surface area (Å²) < 4.78 is 6.52. The molecule has 0 radical (unpaired) electrons. The molecule has 0 aromatic carbocycles. The lowest BCUT2D eigenvalue weighted by Crippen LogP contribution is -2.25. The molecule has 2 heterocycles. The van der Waals surface area contributed by atoms with Crippen molar-refractivity contribution in [2.45, 2.75) is 65.7 Å². The zero-order valence-corrected chi connectivity index (χ0v) is 16.8. The van der Waals surface area contributed by atoms with Gasteiger partial charge >= 0.3 is 0 Å². The largest absolute Gasteiger partial charge is 0.361 e. The van der Waals surface area contributed by atoms with Crippen LogP contribution in [0.25, 0.3) is 0 Å². The van der Waals surface area contributed by atoms with Gasteiger partial charge in [0.2, 0.25) is 0 Å². The number of nitrogens with zero attached hydrogens (tertiary/aromatic N) is 2. The van der Waals surface area contributed by atoms with E-state index in [4.69, 9.17) is 4.52 Å². The summed E-state index contributed by atoms with van der Waals surface area (Å²) in [6, 6.07) is 0. The van der Waals surface area contributed by atoms with Crippen molar-refractivity contribution in [3.8, 4) is 0 Å². The topological polar surface area (TPSA) is 98.0 Å². The molecular weight excluding hydrogens is 346 g/mol. The summed E-state index contributed by atoms with van der Waals surface area (Å²) in [6.45, 7) is 7.44. The van der Waals surface area contributed by atoms with E-state index < -0.39 is 0 Å². The van der Waals surface area contributed by atoms with Crippen LogP contribution in [0.1, 0.15) is 67.5 Å². The van der Waals surface area contributed by atoms with Crippen LogP contribution >= 0.6 is 0 Å². The van der Waals surface area contributed by atoms with Crippen molar-refractivity contribution in [2.75, 3.05) is 0 Å². The Morgan fingerprint density at radius 3 is 2.00 bits per heavy atom. The Morgan fingerprint density at radius 1 is 1.11 bits per heavy atom. The lowest BCUT2D eigenvalue weighted by atomic mass is 9.88. The summed E-state index contributed by atoms with van der Waals surface area (Å²) in [5.74, 6) is 1.73. The predicted octanol–water partition coefficient (Wildman–Crippen LogP) is 3.14. The second-order valence-electron chi connectivity index (χ2n) is 7.38. The number of nitrogens with one attached hydrogen (secondary N) is 1. The van der Waals surface area contributed by atoms with E-state index in [9.17, 15) is 14.4 Å². The first-order chi connectivity index (χ1) is 12.7. The van der Waals surface area contributed by atoms with Gasteiger partial charge in [0.15, 0.2) is 0 Å². The van der Waals surface area contributed by atoms with Gasteiger partial charge in [-0.1, -0.05) is 5.16 Å². The van der Waals surface area contributed by atoms with E-state index in [-0.39, 0.29) is 23.0 Å². The molecule has 0 spiro atoms. The molecule has 0 saturated heterocycles. The van der Waals surface area contributed by atoms with E-state index >= 15 is 0 Å². The minimum Gasteiger partial charge on any atom is -0.361 e. The normalized spacial score (nSPS) is 17.1. The van der Waals surface area contributed by atoms with Gasteiger partial charge in [0.1, 0.15) is 17.3 Å². The highest BCUT2D eigenvalue weighted by Gasteiger charge is 2.28. The molecule has 0 aliphatic heterocycles. The number of aromatic amines is 1. The molecule has 1 N–H and O–H groups in total. The summed E-state index contributed by atoms with van der Waals surface area (Å²) in [5.41, 5.74) is 3.02. The third-order valence-electron chi connectivity index (χ3n) is 5.07. The molecule has 0 atom stereocenters. The maximum Gasteiger partial charge on any atom is 0.269 e. The van der Waals surface area contributed by atoms with Gasteiger partial charge in [-0.15, -0.1) is 0 Å². The molecule has 7 nitrogen and oxygen atoms in total. The van der Waals surface area contributed by atoms with Crippen LogP contribution < -0.4 is 5.56 Å². The van der Waals surface area contributed by atoms with Crippen LogP contribution in [-0.4, -0.2) is 26.5 Å². The van der Waals surface area contributed by atoms with Gasteiger partial charge in [-0.05, 0) is 47.0 Å². The number of H-pyrrole nitrogens is 1. The van der Waals surface area contributed by atoms with Crippen molar-refractivity contribution in [3.63, 3.8) is 0 Å². The van der Waals surface area contributed by atoms with Crippen molar-refractivity contribution in [1.82, 2.24) is 14.9 Å². The standard InChI is InChI=1S/C7H9NO.C7H10O2.C6H10N2O/c1-5-4-8-9-7(5)6-2-3-6;1-5-6(8)3-2-4-7(5)9;1-4-5(2)7-8(3)6(4)9/h4,6H,2-3H2,1H3;5H,2-4H2,1H3;7H,1-3H3. The highest BCUT2D eigenvalue weighted by atomic mass is 16.5. The van der Waals surface area contributed by atoms with Gasteiger partial charge in [0, 0.05) is 42.6 Å². The highest BCUT2D eigenvalue weighted by Crippen LogP contribution is 2.41. The van der Waals surface area contributed by atoms with Crippen LogP contribution in [-0.2, 0) is 16.6 Å². The minimum atomic E-state index is -0.307. The van der Waals surface area contributed by atoms with Crippen LogP contribution in [0.15, 0.2) is 15.5 Å². The molecule has 2 aliphatic carbocycles. The molecule has 2 aromatic heterocycles. The summed E-state index contributed by atoms with van der Waals surface area (Å²) in [7, 11) is 1.71. The molecular formula is C20H29N3O4. The second-order valence-corrected chi connectivity index (χ2v) is 7.38. The number of aromatic nitrogens is 3. The number of hydrogen-bond acceptors (Lipinski definition) is 5. The molecule has 7 heteroatoms. The van der Waals surface area contributed by atoms with Crippen LogP contribution in [0.2, 0.25) is 0 Å². The van der Waals surface area contributed by atoms with Gasteiger partial charge in [0.25, 0.3) is 5.56 Å². The van der Waals surface area contributed by atoms with Crippen LogP contribution in [0.5, 0.6) is 0 Å². The maximum atomic E-state index is 10.9. The molecule has 0 bridgehead atoms. The Labute approximate surface area is 159 Å². The fraction of sp³-hybridized carbons (Fsp3) is 0.600. The molecule has 148 valence electrons. The van der Waals surface area contributed by atoms with Gasteiger partial charge in [-0.25, -0.2) is 0 Å². The minimum absolute atomic E-state index is 0.0625. The van der Waals surface area contributed by atoms with Gasteiger partial charge in [0.05, 0.1) is 12.1 Å². The first-order valence-corrected chi connectivity index (χ1v) is 9.41. The summed E-state index contributed by atoms with van der Waals surface area (Å²) in [4.78, 5) is 32.5. The average molecular weight is 375 g/mol. The molecule has 0 amide bonds. The Hall–Kier alpha value is -2.44. The van der Waals surface area contributed by atoms with E-state index in [0.717, 1.165) is 23.4 Å². The van der Waals surface area contributed by atoms with E-state index in [0.29, 0.717) is 18.8 Å². The van der Waals surface area contributed by atoms with Crippen LogP contribution in [0, 0.1) is 26.7 Å². The fourth-order valence-electron chi connectivity index (χ4n) is 2.89. The second kappa shape index (κ2) is 8.97. The summed E-state index contributed by atoms with van der Waals surface area (Å²) in [6.07, 6.45) is 6.33. The molecule has 4 rings (SSSR count). The first-order valence-electron chi connectivity index (χ1n) is 9.41. The lowest BCUT2D eigenvalue weighted by molar-refractivity contribution is -0.134. The zero-order valence-electron chi connectivity index (χ0n) is 16.8. The van der Waals surface area contributed by atoms with Gasteiger partial charge < -0.3 is 4.52 Å². The van der Waals surface area contributed by atoms with Crippen molar-refractivity contribution >= 4 is 11.6 Å². The molecule has 2 aliphatic rings. The van der Waals surface area contributed by atoms with Gasteiger partial charge in [-0.3, -0.25) is 24.2 Å². The molecule has 2 saturated carbocycles. The van der Waals surface area contributed by atoms with Gasteiger partial charge in [-0.2, -0.15) is 0 Å². The number of carbonyl (C=O) groups is 2. The van der Waals surface area contributed by atoms with E-state index in [2.05, 4.69) is 10.3 Å². The molecule has 27 heavy (non-hydrogen) atoms. The predicted molar refractivity (Wildman–Crippen MR) is 102 cm³/mol. The summed E-state index contributed by atoms with van der Waals surface area (Å²) >= 11 is 0. The Morgan fingerprint density at radius 2 is 1.70 bits per heavy atom. The van der Waals surface area contributed by atoms with Crippen LogP contribution in [0.4, 0.5) is 0 Å². The number of hydrogen-bond donors (Lipinski definition) is 1. The van der Waals surface area contributed by atoms with Crippen LogP contribution in [0.3, 0.4) is 0 Å². The van der Waals surface area contributed by atoms with Crippen molar-refractivity contribution in [2.24, 2.45) is 13.0 Å². The Bertz CT molecular complexity index is 839. The van der Waals surface area contributed by atoms with E-state index in [1.54, 1.807) is 20.2 Å². The average Bonchev–Trinajstić information content (AvgIpc) is 3.35. The van der Waals surface area contributed by atoms with Crippen molar-refractivity contribution in [1.29, 1.82) is 0 Å². The molecule has 2 aromatic rings. The monoisotopic (exact) mass is 375 g/mol. The van der Waals surface area contributed by atoms with E-state index in [1.807, 2.05) is 20.8 Å². The molecule has 0 unspecified atom stereocenters. The highest BCUT2D eigenvalue weighted by molar-refractivity contribution is 6.03. The first kappa shape index (κ1) is 20.9. The third kappa shape index (κ3) is 5.52. The fourth-order valence-corrected chi connectivity index (χ4v) is 2.89. The zero-order chi connectivity index (χ0) is 20.1. The number of rotatable bonds is 1. The number of carbonyl (C=O) groups excluding carboxylic acids is 2. The van der Waals surface area contributed by atoms with Crippen molar-refractivity contribution in [3.05, 3.63) is 39.1 Å². The number of Topliss-reactive ketones (excluding diaryl/α,β-unsaturated/α-hetero) is 2. The van der Waals surface area contributed by atoms with E-state index in [1.165, 1.54) is 23.1 Å². The smallest absolute Gasteiger partial charge is 0.269 e. The lowest BCUT2D eigenvalue weighted by Gasteiger charge is -2.13. The van der Waals surface area contributed by atoms with Crippen molar-refractivity contribution < 1.29 is 14.1 Å². The maximum absolute atomic E-state index is 10.9. The number of aryl methyl sites for hydroxylation is 3. The molecule has 2 fully saturated rings.